The predicted octanol–water partition coefficient (Wildman–Crippen LogP) is 1.38. The fraction of sp³-hybridized carbons (Fsp3) is 0.455. The molecule has 0 aromatic carbocycles. The van der Waals surface area contributed by atoms with Crippen molar-refractivity contribution < 1.29 is 14.3 Å². The minimum Gasteiger partial charge on any atom is -0.473 e. The van der Waals surface area contributed by atoms with Gasteiger partial charge in [0.05, 0.1) is 12.8 Å². The summed E-state index contributed by atoms with van der Waals surface area (Å²) in [5, 5.41) is 0. The largest absolute Gasteiger partial charge is 0.473 e. The van der Waals surface area contributed by atoms with Crippen molar-refractivity contribution in [1.29, 1.82) is 0 Å². The van der Waals surface area contributed by atoms with E-state index in [1.807, 2.05) is 0 Å². The summed E-state index contributed by atoms with van der Waals surface area (Å²) in [7, 11) is 1.31. The third-order valence-electron chi connectivity index (χ3n) is 2.61. The van der Waals surface area contributed by atoms with Crippen LogP contribution in [0, 0.1) is 0 Å². The van der Waals surface area contributed by atoms with Gasteiger partial charge in [0.15, 0.2) is 5.69 Å². The van der Waals surface area contributed by atoms with Gasteiger partial charge in [0.25, 0.3) is 0 Å². The minimum absolute atomic E-state index is 0.183. The molecule has 0 aliphatic heterocycles. The molecule has 5 heteroatoms. The van der Waals surface area contributed by atoms with E-state index in [4.69, 9.17) is 10.5 Å². The Balaban J connectivity index is 2.17. The zero-order valence-corrected chi connectivity index (χ0v) is 9.10. The number of nitrogen functional groups attached to an aromatic ring is 1. The monoisotopic (exact) mass is 222 g/mol. The van der Waals surface area contributed by atoms with Crippen LogP contribution in [0.15, 0.2) is 12.1 Å². The Morgan fingerprint density at radius 3 is 2.81 bits per heavy atom. The van der Waals surface area contributed by atoms with Crippen molar-refractivity contribution in [3.05, 3.63) is 17.8 Å². The fourth-order valence-electron chi connectivity index (χ4n) is 1.41. The summed E-state index contributed by atoms with van der Waals surface area (Å²) in [4.78, 5) is 15.3. The molecule has 0 amide bonds. The number of rotatable bonds is 3. The van der Waals surface area contributed by atoms with Crippen LogP contribution in [0.3, 0.4) is 0 Å². The molecule has 1 fully saturated rings. The smallest absolute Gasteiger partial charge is 0.356 e. The van der Waals surface area contributed by atoms with E-state index in [1.165, 1.54) is 19.6 Å². The number of aromatic nitrogens is 1. The molecule has 0 saturated heterocycles. The first-order valence-electron chi connectivity index (χ1n) is 5.22. The number of carbonyl (C=O) groups excluding carboxylic acids is 1. The van der Waals surface area contributed by atoms with Gasteiger partial charge < -0.3 is 15.2 Å². The highest BCUT2D eigenvalue weighted by Crippen LogP contribution is 2.27. The second-order valence-electron chi connectivity index (χ2n) is 3.75. The molecule has 2 N–H and O–H groups in total. The molecule has 0 spiro atoms. The van der Waals surface area contributed by atoms with E-state index < -0.39 is 5.97 Å². The molecule has 1 aromatic rings. The van der Waals surface area contributed by atoms with Crippen LogP contribution in [-0.2, 0) is 4.74 Å². The van der Waals surface area contributed by atoms with Crippen LogP contribution in [0.5, 0.6) is 5.88 Å². The molecule has 1 aromatic heterocycles. The first-order valence-corrected chi connectivity index (χ1v) is 5.22. The van der Waals surface area contributed by atoms with Crippen LogP contribution in [0.1, 0.15) is 29.8 Å². The van der Waals surface area contributed by atoms with Crippen LogP contribution in [-0.4, -0.2) is 24.2 Å². The Hall–Kier alpha value is -1.78. The number of methoxy groups -OCH3 is 1. The highest BCUT2D eigenvalue weighted by atomic mass is 16.5. The molecule has 5 nitrogen and oxygen atoms in total. The Kier molecular flexibility index (Phi) is 2.94. The highest BCUT2D eigenvalue weighted by molar-refractivity contribution is 5.87. The SMILES string of the molecule is COC(=O)c1ccc(N)c(OC2CCC2)n1. The third kappa shape index (κ3) is 2.08. The second kappa shape index (κ2) is 4.38. The van der Waals surface area contributed by atoms with Crippen molar-refractivity contribution in [2.45, 2.75) is 25.4 Å². The van der Waals surface area contributed by atoms with Crippen molar-refractivity contribution in [3.8, 4) is 5.88 Å². The van der Waals surface area contributed by atoms with Crippen molar-refractivity contribution in [3.63, 3.8) is 0 Å². The van der Waals surface area contributed by atoms with Crippen molar-refractivity contribution >= 4 is 11.7 Å². The first kappa shape index (κ1) is 10.7. The fourth-order valence-corrected chi connectivity index (χ4v) is 1.41. The molecule has 1 aliphatic carbocycles. The van der Waals surface area contributed by atoms with E-state index in [0.717, 1.165) is 12.8 Å². The van der Waals surface area contributed by atoms with Gasteiger partial charge in [-0.15, -0.1) is 0 Å². The lowest BCUT2D eigenvalue weighted by atomic mass is 9.96. The Bertz CT molecular complexity index is 402. The Labute approximate surface area is 93.6 Å². The van der Waals surface area contributed by atoms with Gasteiger partial charge in [0, 0.05) is 0 Å². The summed E-state index contributed by atoms with van der Waals surface area (Å²) in [6.45, 7) is 0. The lowest BCUT2D eigenvalue weighted by Gasteiger charge is -2.26. The lowest BCUT2D eigenvalue weighted by Crippen LogP contribution is -2.25. The molecule has 1 aliphatic rings. The molecular formula is C11H14N2O3. The average Bonchev–Trinajstić information content (AvgIpc) is 2.24. The summed E-state index contributed by atoms with van der Waals surface area (Å²) in [5.41, 5.74) is 6.38. The average molecular weight is 222 g/mol. The van der Waals surface area contributed by atoms with Gasteiger partial charge in [0.2, 0.25) is 5.88 Å². The van der Waals surface area contributed by atoms with Crippen LogP contribution < -0.4 is 10.5 Å². The molecule has 0 radical (unpaired) electrons. The Morgan fingerprint density at radius 2 is 2.25 bits per heavy atom. The van der Waals surface area contributed by atoms with Crippen molar-refractivity contribution in [2.24, 2.45) is 0 Å². The highest BCUT2D eigenvalue weighted by Gasteiger charge is 2.21. The number of nitrogens with two attached hydrogens (primary N) is 1. The summed E-state index contributed by atoms with van der Waals surface area (Å²) in [6.07, 6.45) is 3.39. The summed E-state index contributed by atoms with van der Waals surface area (Å²) >= 11 is 0. The van der Waals surface area contributed by atoms with Crippen LogP contribution in [0.4, 0.5) is 5.69 Å². The number of esters is 1. The quantitative estimate of drug-likeness (QED) is 0.782. The second-order valence-corrected chi connectivity index (χ2v) is 3.75. The minimum atomic E-state index is -0.488. The first-order chi connectivity index (χ1) is 7.70. The molecule has 86 valence electrons. The van der Waals surface area contributed by atoms with Gasteiger partial charge in [-0.25, -0.2) is 9.78 Å². The van der Waals surface area contributed by atoms with Crippen LogP contribution in [0.2, 0.25) is 0 Å². The number of anilines is 1. The molecule has 1 saturated carbocycles. The molecular weight excluding hydrogens is 208 g/mol. The van der Waals surface area contributed by atoms with Gasteiger partial charge in [-0.05, 0) is 31.4 Å². The van der Waals surface area contributed by atoms with E-state index in [0.29, 0.717) is 11.6 Å². The maximum atomic E-state index is 11.3. The zero-order chi connectivity index (χ0) is 11.5. The number of ether oxygens (including phenoxy) is 2. The molecule has 0 atom stereocenters. The van der Waals surface area contributed by atoms with E-state index in [2.05, 4.69) is 9.72 Å². The predicted molar refractivity (Wildman–Crippen MR) is 58.3 cm³/mol. The maximum Gasteiger partial charge on any atom is 0.356 e. The molecule has 1 heterocycles. The third-order valence-corrected chi connectivity index (χ3v) is 2.61. The number of nitrogens with zero attached hydrogens (tertiary/aromatic N) is 1. The molecule has 0 unspecified atom stereocenters. The summed E-state index contributed by atoms with van der Waals surface area (Å²) < 4.78 is 10.2. The normalized spacial score (nSPS) is 15.3. The van der Waals surface area contributed by atoms with Gasteiger partial charge in [-0.1, -0.05) is 0 Å². The maximum absolute atomic E-state index is 11.3. The van der Waals surface area contributed by atoms with Gasteiger partial charge >= 0.3 is 5.97 Å². The molecule has 2 rings (SSSR count). The standard InChI is InChI=1S/C11H14N2O3/c1-15-11(14)9-6-5-8(12)10(13-9)16-7-3-2-4-7/h5-7H,2-4,12H2,1H3. The summed E-state index contributed by atoms with van der Waals surface area (Å²) in [5.74, 6) is -0.161. The van der Waals surface area contributed by atoms with Crippen molar-refractivity contribution in [2.75, 3.05) is 12.8 Å². The van der Waals surface area contributed by atoms with E-state index in [-0.39, 0.29) is 11.8 Å². The molecule has 0 bridgehead atoms. The van der Waals surface area contributed by atoms with Crippen molar-refractivity contribution in [1.82, 2.24) is 4.98 Å². The van der Waals surface area contributed by atoms with Crippen LogP contribution in [0.25, 0.3) is 0 Å². The topological polar surface area (TPSA) is 74.4 Å². The van der Waals surface area contributed by atoms with E-state index in [1.54, 1.807) is 6.07 Å². The van der Waals surface area contributed by atoms with E-state index in [9.17, 15) is 4.79 Å². The summed E-state index contributed by atoms with van der Waals surface area (Å²) in [6, 6.07) is 3.13. The van der Waals surface area contributed by atoms with Gasteiger partial charge in [-0.3, -0.25) is 0 Å². The van der Waals surface area contributed by atoms with E-state index >= 15 is 0 Å². The molecule has 16 heavy (non-hydrogen) atoms. The van der Waals surface area contributed by atoms with Gasteiger partial charge in [0.1, 0.15) is 6.10 Å². The van der Waals surface area contributed by atoms with Gasteiger partial charge in [-0.2, -0.15) is 0 Å². The zero-order valence-electron chi connectivity index (χ0n) is 9.10. The number of hydrogen-bond acceptors (Lipinski definition) is 5. The number of hydrogen-bond donors (Lipinski definition) is 1. The van der Waals surface area contributed by atoms with Crippen LogP contribution >= 0.6 is 0 Å². The number of pyridine rings is 1. The lowest BCUT2D eigenvalue weighted by molar-refractivity contribution is 0.0589. The Morgan fingerprint density at radius 1 is 1.50 bits per heavy atom. The number of carbonyl (C=O) groups is 1.